The Balaban J connectivity index is 2.04. The van der Waals surface area contributed by atoms with Gasteiger partial charge in [0.05, 0.1) is 13.2 Å². The van der Waals surface area contributed by atoms with E-state index in [4.69, 9.17) is 18.9 Å². The Labute approximate surface area is 170 Å². The van der Waals surface area contributed by atoms with E-state index in [9.17, 15) is 9.59 Å². The highest BCUT2D eigenvalue weighted by atomic mass is 16.7. The fourth-order valence-corrected chi connectivity index (χ4v) is 3.24. The molecule has 0 N–H and O–H groups in total. The van der Waals surface area contributed by atoms with Gasteiger partial charge in [-0.1, -0.05) is 47.0 Å². The lowest BCUT2D eigenvalue weighted by Gasteiger charge is -2.27. The molecule has 0 aromatic rings. The van der Waals surface area contributed by atoms with Gasteiger partial charge >= 0.3 is 12.3 Å². The van der Waals surface area contributed by atoms with Gasteiger partial charge in [0.2, 0.25) is 0 Å². The zero-order chi connectivity index (χ0) is 20.8. The van der Waals surface area contributed by atoms with Gasteiger partial charge in [0.15, 0.2) is 0 Å². The van der Waals surface area contributed by atoms with Crippen molar-refractivity contribution in [3.05, 3.63) is 0 Å². The predicted molar refractivity (Wildman–Crippen MR) is 108 cm³/mol. The van der Waals surface area contributed by atoms with E-state index in [2.05, 4.69) is 27.7 Å². The largest absolute Gasteiger partial charge is 0.508 e. The van der Waals surface area contributed by atoms with Crippen molar-refractivity contribution in [2.45, 2.75) is 104 Å². The zero-order valence-corrected chi connectivity index (χ0v) is 18.2. The summed E-state index contributed by atoms with van der Waals surface area (Å²) in [5.41, 5.74) is 0. The first-order valence-corrected chi connectivity index (χ1v) is 11.0. The van der Waals surface area contributed by atoms with Crippen molar-refractivity contribution < 1.29 is 28.5 Å². The number of hydrogen-bond acceptors (Lipinski definition) is 6. The molecule has 0 spiro atoms. The van der Waals surface area contributed by atoms with Crippen LogP contribution in [-0.2, 0) is 18.9 Å². The quantitative estimate of drug-likeness (QED) is 0.284. The van der Waals surface area contributed by atoms with E-state index in [-0.39, 0.29) is 12.2 Å². The SMILES string of the molecule is CC(C)CCCCCOC(=O)OC1CCC(OC(=O)OCCCC(C)C)CC1. The summed E-state index contributed by atoms with van der Waals surface area (Å²) in [7, 11) is 0. The van der Waals surface area contributed by atoms with Crippen LogP contribution in [0.5, 0.6) is 0 Å². The molecule has 6 nitrogen and oxygen atoms in total. The Kier molecular flexibility index (Phi) is 12.8. The molecule has 1 aliphatic rings. The topological polar surface area (TPSA) is 71.1 Å². The molecule has 6 heteroatoms. The summed E-state index contributed by atoms with van der Waals surface area (Å²) < 4.78 is 20.9. The van der Waals surface area contributed by atoms with Crippen LogP contribution in [0.2, 0.25) is 0 Å². The van der Waals surface area contributed by atoms with Gasteiger partial charge < -0.3 is 18.9 Å². The normalized spacial score (nSPS) is 19.5. The molecule has 0 atom stereocenters. The average Bonchev–Trinajstić information content (AvgIpc) is 2.63. The maximum absolute atomic E-state index is 11.8. The molecule has 0 aromatic heterocycles. The van der Waals surface area contributed by atoms with E-state index >= 15 is 0 Å². The summed E-state index contributed by atoms with van der Waals surface area (Å²) in [5.74, 6) is 1.32. The van der Waals surface area contributed by atoms with Gasteiger partial charge in [0.1, 0.15) is 12.2 Å². The molecule has 0 unspecified atom stereocenters. The van der Waals surface area contributed by atoms with Crippen LogP contribution < -0.4 is 0 Å². The monoisotopic (exact) mass is 400 g/mol. The lowest BCUT2D eigenvalue weighted by atomic mass is 9.95. The van der Waals surface area contributed by atoms with Crippen LogP contribution in [0, 0.1) is 11.8 Å². The van der Waals surface area contributed by atoms with Gasteiger partial charge in [-0.2, -0.15) is 0 Å². The minimum Gasteiger partial charge on any atom is -0.434 e. The van der Waals surface area contributed by atoms with Crippen molar-refractivity contribution in [3.8, 4) is 0 Å². The molecule has 0 aliphatic heterocycles. The van der Waals surface area contributed by atoms with Crippen LogP contribution in [0.4, 0.5) is 9.59 Å². The van der Waals surface area contributed by atoms with Crippen LogP contribution in [0.1, 0.15) is 91.9 Å². The Morgan fingerprint density at radius 1 is 0.679 bits per heavy atom. The second-order valence-corrected chi connectivity index (χ2v) is 8.61. The maximum Gasteiger partial charge on any atom is 0.508 e. The lowest BCUT2D eigenvalue weighted by Crippen LogP contribution is -2.30. The second-order valence-electron chi connectivity index (χ2n) is 8.61. The van der Waals surface area contributed by atoms with Crippen molar-refractivity contribution >= 4 is 12.3 Å². The molecule has 1 saturated carbocycles. The van der Waals surface area contributed by atoms with Gasteiger partial charge in [-0.15, -0.1) is 0 Å². The first kappa shape index (κ1) is 24.6. The Hall–Kier alpha value is -1.46. The molecule has 0 saturated heterocycles. The molecule has 28 heavy (non-hydrogen) atoms. The smallest absolute Gasteiger partial charge is 0.434 e. The van der Waals surface area contributed by atoms with Crippen molar-refractivity contribution in [2.24, 2.45) is 11.8 Å². The molecule has 164 valence electrons. The highest BCUT2D eigenvalue weighted by Gasteiger charge is 2.27. The fraction of sp³-hybridized carbons (Fsp3) is 0.909. The van der Waals surface area contributed by atoms with Crippen molar-refractivity contribution in [1.82, 2.24) is 0 Å². The summed E-state index contributed by atoms with van der Waals surface area (Å²) in [6.07, 6.45) is 7.42. The first-order chi connectivity index (χ1) is 13.4. The standard InChI is InChI=1S/C22H40O6/c1-17(2)9-6-5-7-15-25-21(23)27-19-11-13-20(14-12-19)28-22(24)26-16-8-10-18(3)4/h17-20H,5-16H2,1-4H3. The van der Waals surface area contributed by atoms with Crippen molar-refractivity contribution in [3.63, 3.8) is 0 Å². The predicted octanol–water partition coefficient (Wildman–Crippen LogP) is 6.26. The van der Waals surface area contributed by atoms with E-state index < -0.39 is 12.3 Å². The van der Waals surface area contributed by atoms with Gasteiger partial charge in [0.25, 0.3) is 0 Å². The molecule has 0 heterocycles. The molecule has 0 amide bonds. The zero-order valence-electron chi connectivity index (χ0n) is 18.2. The summed E-state index contributed by atoms with van der Waals surface area (Å²) in [4.78, 5) is 23.5. The Morgan fingerprint density at radius 2 is 1.11 bits per heavy atom. The third-order valence-corrected chi connectivity index (χ3v) is 4.94. The van der Waals surface area contributed by atoms with Crippen LogP contribution in [-0.4, -0.2) is 37.7 Å². The molecular formula is C22H40O6. The van der Waals surface area contributed by atoms with E-state index in [0.717, 1.165) is 31.6 Å². The highest BCUT2D eigenvalue weighted by molar-refractivity contribution is 5.60. The van der Waals surface area contributed by atoms with Crippen LogP contribution in [0.15, 0.2) is 0 Å². The second kappa shape index (κ2) is 14.5. The number of unbranched alkanes of at least 4 members (excludes halogenated alkanes) is 2. The number of ether oxygens (including phenoxy) is 4. The average molecular weight is 401 g/mol. The van der Waals surface area contributed by atoms with E-state index in [1.54, 1.807) is 0 Å². The number of hydrogen-bond donors (Lipinski definition) is 0. The third kappa shape index (κ3) is 12.8. The van der Waals surface area contributed by atoms with Crippen LogP contribution in [0.25, 0.3) is 0 Å². The Bertz CT molecular complexity index is 427. The van der Waals surface area contributed by atoms with Gasteiger partial charge in [0, 0.05) is 0 Å². The molecule has 1 rings (SSSR count). The van der Waals surface area contributed by atoms with Crippen LogP contribution >= 0.6 is 0 Å². The third-order valence-electron chi connectivity index (χ3n) is 4.94. The molecule has 1 fully saturated rings. The summed E-state index contributed by atoms with van der Waals surface area (Å²) in [6, 6.07) is 0. The van der Waals surface area contributed by atoms with Gasteiger partial charge in [-0.05, 0) is 56.8 Å². The van der Waals surface area contributed by atoms with Crippen LogP contribution in [0.3, 0.4) is 0 Å². The number of carbonyl (C=O) groups excluding carboxylic acids is 2. The van der Waals surface area contributed by atoms with Gasteiger partial charge in [-0.25, -0.2) is 9.59 Å². The lowest BCUT2D eigenvalue weighted by molar-refractivity contribution is -0.0272. The minimum absolute atomic E-state index is 0.157. The summed E-state index contributed by atoms with van der Waals surface area (Å²) in [5, 5.41) is 0. The fourth-order valence-electron chi connectivity index (χ4n) is 3.24. The van der Waals surface area contributed by atoms with Crippen molar-refractivity contribution in [1.29, 1.82) is 0 Å². The molecule has 0 aromatic carbocycles. The first-order valence-electron chi connectivity index (χ1n) is 11.0. The number of carbonyl (C=O) groups is 2. The number of rotatable bonds is 12. The molecule has 1 aliphatic carbocycles. The Morgan fingerprint density at radius 3 is 1.57 bits per heavy atom. The highest BCUT2D eigenvalue weighted by Crippen LogP contribution is 2.24. The summed E-state index contributed by atoms with van der Waals surface area (Å²) >= 11 is 0. The van der Waals surface area contributed by atoms with E-state index in [1.807, 2.05) is 0 Å². The van der Waals surface area contributed by atoms with Crippen molar-refractivity contribution in [2.75, 3.05) is 13.2 Å². The van der Waals surface area contributed by atoms with E-state index in [0.29, 0.717) is 44.8 Å². The summed E-state index contributed by atoms with van der Waals surface area (Å²) in [6.45, 7) is 9.52. The molecule has 0 radical (unpaired) electrons. The molecule has 0 bridgehead atoms. The van der Waals surface area contributed by atoms with E-state index in [1.165, 1.54) is 12.8 Å². The maximum atomic E-state index is 11.8. The molecular weight excluding hydrogens is 360 g/mol. The van der Waals surface area contributed by atoms with Gasteiger partial charge in [-0.3, -0.25) is 0 Å². The minimum atomic E-state index is -0.593.